The van der Waals surface area contributed by atoms with Crippen LogP contribution in [0, 0.1) is 0 Å². The monoisotopic (exact) mass is 384 g/mol. The Morgan fingerprint density at radius 1 is 1.00 bits per heavy atom. The second kappa shape index (κ2) is 7.98. The lowest BCUT2D eigenvalue weighted by molar-refractivity contribution is -0.140. The summed E-state index contributed by atoms with van der Waals surface area (Å²) in [5.74, 6) is -0.538. The normalized spacial score (nSPS) is 13.1. The Labute approximate surface area is 150 Å². The number of rotatable bonds is 6. The molecule has 2 aromatic rings. The molecule has 0 saturated heterocycles. The summed E-state index contributed by atoms with van der Waals surface area (Å²) in [6.45, 7) is 0. The highest BCUT2D eigenvalue weighted by Gasteiger charge is 2.37. The lowest BCUT2D eigenvalue weighted by Gasteiger charge is -2.18. The van der Waals surface area contributed by atoms with E-state index < -0.39 is 18.6 Å². The third-order valence-corrected chi connectivity index (χ3v) is 7.03. The minimum Gasteiger partial charge on any atom is -0.469 e. The first-order valence-electron chi connectivity index (χ1n) is 7.10. The number of ether oxygens (including phenoxy) is 1. The number of carbonyl (C=O) groups is 2. The maximum atomic E-state index is 13.6. The van der Waals surface area contributed by atoms with Gasteiger partial charge in [0.25, 0.3) is 0 Å². The van der Waals surface area contributed by atoms with E-state index in [0.29, 0.717) is 5.30 Å². The molecule has 0 bridgehead atoms. The molecule has 0 fully saturated rings. The van der Waals surface area contributed by atoms with E-state index in [9.17, 15) is 14.2 Å². The number of halogens is 2. The molecule has 0 aliphatic heterocycles. The van der Waals surface area contributed by atoms with Gasteiger partial charge in [-0.3, -0.25) is 9.59 Å². The maximum Gasteiger partial charge on any atom is 0.305 e. The molecule has 0 heterocycles. The van der Waals surface area contributed by atoms with Gasteiger partial charge in [-0.05, 0) is 12.1 Å². The zero-order valence-corrected chi connectivity index (χ0v) is 15.3. The largest absolute Gasteiger partial charge is 0.469 e. The summed E-state index contributed by atoms with van der Waals surface area (Å²) in [5, 5.41) is 0.610. The van der Waals surface area contributed by atoms with Crippen LogP contribution in [0.1, 0.15) is 16.8 Å². The SMILES string of the molecule is COC(=O)CCP(=O)(C(=O)c1c(Cl)cccc1Cl)c1ccccc1. The third-order valence-electron chi connectivity index (χ3n) is 3.54. The standard InChI is InChI=1S/C17H15Cl2O4P/c1-23-15(20)10-11-24(22,12-6-3-2-4-7-12)17(21)16-13(18)8-5-9-14(16)19/h2-9H,10-11H2,1H3. The van der Waals surface area contributed by atoms with Crippen LogP contribution in [0.3, 0.4) is 0 Å². The third kappa shape index (κ3) is 3.89. The van der Waals surface area contributed by atoms with Crippen LogP contribution in [0.2, 0.25) is 10.0 Å². The highest BCUT2D eigenvalue weighted by Crippen LogP contribution is 2.50. The molecule has 1 unspecified atom stereocenters. The van der Waals surface area contributed by atoms with E-state index in [0.717, 1.165) is 0 Å². The number of benzene rings is 2. The maximum absolute atomic E-state index is 13.6. The predicted molar refractivity (Wildman–Crippen MR) is 96.0 cm³/mol. The fourth-order valence-electron chi connectivity index (χ4n) is 2.25. The highest BCUT2D eigenvalue weighted by molar-refractivity contribution is 7.87. The van der Waals surface area contributed by atoms with Gasteiger partial charge in [-0.1, -0.05) is 59.6 Å². The minimum atomic E-state index is -3.61. The molecule has 2 rings (SSSR count). The van der Waals surface area contributed by atoms with Crippen molar-refractivity contribution in [1.82, 2.24) is 0 Å². The van der Waals surface area contributed by atoms with E-state index in [1.807, 2.05) is 0 Å². The van der Waals surface area contributed by atoms with E-state index in [4.69, 9.17) is 23.2 Å². The van der Waals surface area contributed by atoms with Gasteiger partial charge in [-0.2, -0.15) is 0 Å². The van der Waals surface area contributed by atoms with Gasteiger partial charge < -0.3 is 9.30 Å². The molecule has 0 radical (unpaired) electrons. The van der Waals surface area contributed by atoms with Crippen LogP contribution in [0.4, 0.5) is 0 Å². The van der Waals surface area contributed by atoms with Crippen molar-refractivity contribution in [1.29, 1.82) is 0 Å². The average molecular weight is 385 g/mol. The van der Waals surface area contributed by atoms with Crippen molar-refractivity contribution in [2.24, 2.45) is 0 Å². The van der Waals surface area contributed by atoms with Gasteiger partial charge in [-0.25, -0.2) is 0 Å². The summed E-state index contributed by atoms with van der Waals surface area (Å²) in [6, 6.07) is 12.9. The van der Waals surface area contributed by atoms with Crippen molar-refractivity contribution >= 4 is 47.1 Å². The Morgan fingerprint density at radius 2 is 1.58 bits per heavy atom. The number of hydrogen-bond acceptors (Lipinski definition) is 4. The first-order valence-corrected chi connectivity index (χ1v) is 9.75. The Morgan fingerprint density at radius 3 is 2.12 bits per heavy atom. The zero-order chi connectivity index (χ0) is 17.7. The number of carbonyl (C=O) groups excluding carboxylic acids is 2. The lowest BCUT2D eigenvalue weighted by atomic mass is 10.2. The molecule has 7 heteroatoms. The van der Waals surface area contributed by atoms with E-state index in [1.165, 1.54) is 19.2 Å². The average Bonchev–Trinajstić information content (AvgIpc) is 2.59. The van der Waals surface area contributed by atoms with Crippen molar-refractivity contribution < 1.29 is 18.9 Å². The van der Waals surface area contributed by atoms with Gasteiger partial charge in [0.2, 0.25) is 5.52 Å². The Hall–Kier alpha value is -1.61. The molecule has 0 aliphatic rings. The summed E-state index contributed by atoms with van der Waals surface area (Å²) >= 11 is 12.2. The summed E-state index contributed by atoms with van der Waals surface area (Å²) < 4.78 is 18.2. The van der Waals surface area contributed by atoms with Crippen molar-refractivity contribution in [3.8, 4) is 0 Å². The molecule has 24 heavy (non-hydrogen) atoms. The van der Waals surface area contributed by atoms with Gasteiger partial charge in [-0.15, -0.1) is 0 Å². The van der Waals surface area contributed by atoms with Gasteiger partial charge in [0.15, 0.2) is 7.14 Å². The van der Waals surface area contributed by atoms with E-state index >= 15 is 0 Å². The Balaban J connectivity index is 2.52. The second-order valence-electron chi connectivity index (χ2n) is 5.03. The molecular formula is C17H15Cl2O4P. The van der Waals surface area contributed by atoms with Gasteiger partial charge in [0.05, 0.1) is 29.1 Å². The quantitative estimate of drug-likeness (QED) is 0.547. The molecule has 1 atom stereocenters. The molecule has 4 nitrogen and oxygen atoms in total. The smallest absolute Gasteiger partial charge is 0.305 e. The van der Waals surface area contributed by atoms with Crippen LogP contribution in [0.15, 0.2) is 48.5 Å². The van der Waals surface area contributed by atoms with Gasteiger partial charge in [0, 0.05) is 11.5 Å². The zero-order valence-electron chi connectivity index (χ0n) is 12.9. The summed E-state index contributed by atoms with van der Waals surface area (Å²) in [5.41, 5.74) is -0.647. The molecule has 0 aliphatic carbocycles. The van der Waals surface area contributed by atoms with Crippen molar-refractivity contribution in [2.45, 2.75) is 6.42 Å². The second-order valence-corrected chi connectivity index (χ2v) is 8.69. The molecular weight excluding hydrogens is 370 g/mol. The number of hydrogen-bond donors (Lipinski definition) is 0. The molecule has 0 aromatic heterocycles. The van der Waals surface area contributed by atoms with Crippen LogP contribution < -0.4 is 5.30 Å². The highest BCUT2D eigenvalue weighted by atomic mass is 35.5. The minimum absolute atomic E-state index is 0.0119. The van der Waals surface area contributed by atoms with E-state index in [-0.39, 0.29) is 28.2 Å². The molecule has 0 N–H and O–H groups in total. The predicted octanol–water partition coefficient (Wildman–Crippen LogP) is 4.39. The Bertz CT molecular complexity index is 785. The fraction of sp³-hybridized carbons (Fsp3) is 0.176. The van der Waals surface area contributed by atoms with Crippen LogP contribution in [0.5, 0.6) is 0 Å². The molecule has 0 spiro atoms. The molecule has 126 valence electrons. The molecule has 0 amide bonds. The van der Waals surface area contributed by atoms with Crippen LogP contribution in [0.25, 0.3) is 0 Å². The Kier molecular flexibility index (Phi) is 6.22. The fourth-order valence-corrected chi connectivity index (χ4v) is 5.40. The van der Waals surface area contributed by atoms with Crippen molar-refractivity contribution in [2.75, 3.05) is 13.3 Å². The first-order chi connectivity index (χ1) is 11.4. The molecule has 0 saturated carbocycles. The van der Waals surface area contributed by atoms with E-state index in [1.54, 1.807) is 36.4 Å². The summed E-state index contributed by atoms with van der Waals surface area (Å²) in [6.07, 6.45) is -0.291. The first kappa shape index (κ1) is 18.7. The lowest BCUT2D eigenvalue weighted by Crippen LogP contribution is -2.18. The van der Waals surface area contributed by atoms with Crippen LogP contribution >= 0.6 is 30.3 Å². The number of esters is 1. The molecule has 2 aromatic carbocycles. The summed E-state index contributed by atoms with van der Waals surface area (Å²) in [4.78, 5) is 24.5. The van der Waals surface area contributed by atoms with Gasteiger partial charge >= 0.3 is 5.97 Å². The van der Waals surface area contributed by atoms with Crippen molar-refractivity contribution in [3.63, 3.8) is 0 Å². The van der Waals surface area contributed by atoms with E-state index in [2.05, 4.69) is 4.74 Å². The van der Waals surface area contributed by atoms with Gasteiger partial charge in [0.1, 0.15) is 0 Å². The van der Waals surface area contributed by atoms with Crippen LogP contribution in [-0.4, -0.2) is 24.8 Å². The topological polar surface area (TPSA) is 60.4 Å². The van der Waals surface area contributed by atoms with Crippen LogP contribution in [-0.2, 0) is 14.1 Å². The number of methoxy groups -OCH3 is 1. The van der Waals surface area contributed by atoms with Crippen molar-refractivity contribution in [3.05, 3.63) is 64.1 Å². The summed E-state index contributed by atoms with van der Waals surface area (Å²) in [7, 11) is -2.38.